The zero-order valence-corrected chi connectivity index (χ0v) is 22.4. The number of carbonyl (C=O) groups is 1. The van der Waals surface area contributed by atoms with Crippen LogP contribution in [0.2, 0.25) is 0 Å². The molecule has 0 saturated carbocycles. The van der Waals surface area contributed by atoms with Gasteiger partial charge in [0.2, 0.25) is 5.91 Å². The lowest BCUT2D eigenvalue weighted by atomic mass is 9.77. The zero-order valence-electron chi connectivity index (χ0n) is 22.4. The molecular formula is C30H40N4O2. The van der Waals surface area contributed by atoms with Gasteiger partial charge in [-0.25, -0.2) is 4.99 Å². The highest BCUT2D eigenvalue weighted by molar-refractivity contribution is 6.00. The Morgan fingerprint density at radius 2 is 2.08 bits per heavy atom. The van der Waals surface area contributed by atoms with Crippen molar-refractivity contribution >= 4 is 17.4 Å². The summed E-state index contributed by atoms with van der Waals surface area (Å²) in [6, 6.07) is 3.89. The van der Waals surface area contributed by atoms with E-state index in [1.54, 1.807) is 11.1 Å². The molecule has 0 saturated heterocycles. The van der Waals surface area contributed by atoms with E-state index in [4.69, 9.17) is 15.5 Å². The Balaban J connectivity index is 2.08. The lowest BCUT2D eigenvalue weighted by molar-refractivity contribution is -0.129. The number of hydrogen-bond acceptors (Lipinski definition) is 5. The summed E-state index contributed by atoms with van der Waals surface area (Å²) in [5.74, 6) is 0.516. The molecule has 2 N–H and O–H groups in total. The lowest BCUT2D eigenvalue weighted by Gasteiger charge is -2.40. The van der Waals surface area contributed by atoms with Gasteiger partial charge in [-0.2, -0.15) is 0 Å². The van der Waals surface area contributed by atoms with Gasteiger partial charge < -0.3 is 10.5 Å². The topological polar surface area (TPSA) is 80.8 Å². The Morgan fingerprint density at radius 1 is 1.33 bits per heavy atom. The van der Waals surface area contributed by atoms with Crippen LogP contribution in [0.4, 0.5) is 0 Å². The van der Waals surface area contributed by atoms with Gasteiger partial charge in [-0.1, -0.05) is 57.7 Å². The summed E-state index contributed by atoms with van der Waals surface area (Å²) in [6.07, 6.45) is 9.86. The second kappa shape index (κ2) is 11.7. The predicted octanol–water partition coefficient (Wildman–Crippen LogP) is 5.53. The molecule has 0 bridgehead atoms. The van der Waals surface area contributed by atoms with Gasteiger partial charge in [0, 0.05) is 24.0 Å². The molecule has 0 spiro atoms. The van der Waals surface area contributed by atoms with E-state index >= 15 is 0 Å². The summed E-state index contributed by atoms with van der Waals surface area (Å²) >= 11 is 0. The van der Waals surface area contributed by atoms with Gasteiger partial charge in [0.25, 0.3) is 0 Å². The summed E-state index contributed by atoms with van der Waals surface area (Å²) in [7, 11) is 0. The van der Waals surface area contributed by atoms with Crippen molar-refractivity contribution in [3.63, 3.8) is 0 Å². The molecule has 2 unspecified atom stereocenters. The smallest absolute Gasteiger partial charge is 0.232 e. The lowest BCUT2D eigenvalue weighted by Crippen LogP contribution is -2.53. The molecule has 6 nitrogen and oxygen atoms in total. The molecular weight excluding hydrogens is 448 g/mol. The van der Waals surface area contributed by atoms with Crippen LogP contribution in [0.3, 0.4) is 0 Å². The third-order valence-corrected chi connectivity index (χ3v) is 7.27. The maximum atomic E-state index is 13.5. The van der Waals surface area contributed by atoms with Gasteiger partial charge in [-0.15, -0.1) is 0 Å². The van der Waals surface area contributed by atoms with Gasteiger partial charge in [-0.3, -0.25) is 14.7 Å². The number of aliphatic imine (C=N–C) groups is 1. The molecule has 0 aliphatic carbocycles. The minimum absolute atomic E-state index is 0.0452. The third kappa shape index (κ3) is 5.93. The second-order valence-electron chi connectivity index (χ2n) is 9.92. The van der Waals surface area contributed by atoms with Crippen LogP contribution >= 0.6 is 0 Å². The number of guanidine groups is 1. The average molecular weight is 489 g/mol. The van der Waals surface area contributed by atoms with E-state index in [-0.39, 0.29) is 18.3 Å². The monoisotopic (exact) mass is 488 g/mol. The van der Waals surface area contributed by atoms with Crippen LogP contribution in [-0.2, 0) is 9.53 Å². The van der Waals surface area contributed by atoms with Crippen LogP contribution in [0, 0.1) is 12.8 Å². The molecule has 0 aromatic carbocycles. The first kappa shape index (κ1) is 27.3. The summed E-state index contributed by atoms with van der Waals surface area (Å²) < 4.78 is 5.47. The molecule has 2 aliphatic heterocycles. The largest absolute Gasteiger partial charge is 0.377 e. The molecule has 2 atom stereocenters. The Bertz CT molecular complexity index is 1160. The van der Waals surface area contributed by atoms with Crippen molar-refractivity contribution < 1.29 is 9.53 Å². The highest BCUT2D eigenvalue weighted by atomic mass is 16.5. The number of hydrogen-bond donors (Lipinski definition) is 1. The molecule has 192 valence electrons. The van der Waals surface area contributed by atoms with Crippen molar-refractivity contribution in [3.8, 4) is 0 Å². The first-order chi connectivity index (χ1) is 17.1. The molecule has 3 heterocycles. The maximum absolute atomic E-state index is 13.5. The average Bonchev–Trinajstić information content (AvgIpc) is 2.86. The van der Waals surface area contributed by atoms with E-state index in [1.807, 2.05) is 38.1 Å². The molecule has 1 amide bonds. The molecule has 36 heavy (non-hydrogen) atoms. The summed E-state index contributed by atoms with van der Waals surface area (Å²) in [5, 5.41) is 0. The Morgan fingerprint density at radius 3 is 2.69 bits per heavy atom. The van der Waals surface area contributed by atoms with E-state index in [2.05, 4.69) is 45.0 Å². The predicted molar refractivity (Wildman–Crippen MR) is 148 cm³/mol. The summed E-state index contributed by atoms with van der Waals surface area (Å²) in [6.45, 7) is 20.8. The van der Waals surface area contributed by atoms with Gasteiger partial charge in [-0.05, 0) is 67.0 Å². The van der Waals surface area contributed by atoms with Crippen LogP contribution < -0.4 is 5.73 Å². The second-order valence-corrected chi connectivity index (χ2v) is 9.92. The number of nitrogens with two attached hydrogens (primary N) is 1. The number of amides is 1. The summed E-state index contributed by atoms with van der Waals surface area (Å²) in [4.78, 5) is 24.5. The standard InChI is InChI=1S/C30H40N4O2/c1-8-20(2)19-34-28(35)18-30(33-29(34)31,23(5)16-21(3)26-11-14-36-15-12-26)24(6)17-22(4)27-10-9-13-32-25(27)7/h9-11,13,16-17,20H,4-5,8,12,14-15,18-19H2,1-3,6-7H3,(H2,31,33). The Kier molecular flexibility index (Phi) is 8.85. The van der Waals surface area contributed by atoms with Gasteiger partial charge in [0.05, 0.1) is 19.6 Å². The van der Waals surface area contributed by atoms with E-state index in [9.17, 15) is 4.79 Å². The highest BCUT2D eigenvalue weighted by Crippen LogP contribution is 2.39. The number of aryl methyl sites for hydroxylation is 1. The van der Waals surface area contributed by atoms with Crippen LogP contribution in [0.15, 0.2) is 77.0 Å². The molecule has 3 rings (SSSR count). The molecule has 6 heteroatoms. The fraction of sp³-hybridized carbons (Fsp3) is 0.433. The SMILES string of the molecule is C=C(C=C(C)C1(C(=C)C=C(C)C2=CCOCC2)CC(=O)N(CC(C)CC)C(N)=N1)c1cccnc1C. The normalized spacial score (nSPS) is 22.1. The Hall–Kier alpha value is -3.25. The Labute approximate surface area is 216 Å². The van der Waals surface area contributed by atoms with Crippen molar-refractivity contribution in [2.24, 2.45) is 16.6 Å². The number of pyridine rings is 1. The molecule has 1 aromatic rings. The van der Waals surface area contributed by atoms with Crippen LogP contribution in [0.25, 0.3) is 5.57 Å². The van der Waals surface area contributed by atoms with Crippen molar-refractivity contribution in [2.45, 2.75) is 59.4 Å². The fourth-order valence-electron chi connectivity index (χ4n) is 4.68. The molecule has 0 radical (unpaired) electrons. The number of nitrogens with zero attached hydrogens (tertiary/aromatic N) is 3. The molecule has 0 fully saturated rings. The highest BCUT2D eigenvalue weighted by Gasteiger charge is 2.43. The van der Waals surface area contributed by atoms with E-state index in [0.29, 0.717) is 25.7 Å². The van der Waals surface area contributed by atoms with Gasteiger partial charge >= 0.3 is 0 Å². The van der Waals surface area contributed by atoms with Crippen LogP contribution in [0.5, 0.6) is 0 Å². The van der Waals surface area contributed by atoms with Crippen molar-refractivity contribution in [3.05, 3.63) is 83.3 Å². The van der Waals surface area contributed by atoms with E-state index in [1.165, 1.54) is 5.57 Å². The number of rotatable bonds is 9. The van der Waals surface area contributed by atoms with E-state index in [0.717, 1.165) is 46.4 Å². The molecule has 1 aromatic heterocycles. The minimum Gasteiger partial charge on any atom is -0.377 e. The fourth-order valence-corrected chi connectivity index (χ4v) is 4.68. The summed E-state index contributed by atoms with van der Waals surface area (Å²) in [5.41, 5.74) is 12.1. The quantitative estimate of drug-likeness (QED) is 0.464. The number of allylic oxidation sites excluding steroid dienone is 3. The van der Waals surface area contributed by atoms with Gasteiger partial charge in [0.15, 0.2) is 5.96 Å². The maximum Gasteiger partial charge on any atom is 0.232 e. The zero-order chi connectivity index (χ0) is 26.5. The number of aromatic nitrogens is 1. The van der Waals surface area contributed by atoms with Crippen molar-refractivity contribution in [1.82, 2.24) is 9.88 Å². The molecule has 2 aliphatic rings. The van der Waals surface area contributed by atoms with E-state index < -0.39 is 5.54 Å². The first-order valence-corrected chi connectivity index (χ1v) is 12.7. The van der Waals surface area contributed by atoms with Crippen LogP contribution in [0.1, 0.15) is 58.2 Å². The number of ether oxygens (including phenoxy) is 1. The van der Waals surface area contributed by atoms with Crippen molar-refractivity contribution in [1.29, 1.82) is 0 Å². The van der Waals surface area contributed by atoms with Crippen molar-refractivity contribution in [2.75, 3.05) is 19.8 Å². The third-order valence-electron chi connectivity index (χ3n) is 7.27. The first-order valence-electron chi connectivity index (χ1n) is 12.7. The number of carbonyl (C=O) groups excluding carboxylic acids is 1. The minimum atomic E-state index is -0.987. The van der Waals surface area contributed by atoms with Gasteiger partial charge in [0.1, 0.15) is 5.54 Å². The van der Waals surface area contributed by atoms with Crippen LogP contribution in [-0.4, -0.2) is 47.0 Å².